The standard InChI is InChI=1S/C58H65N5O11/c1-10-71-49(65)34-47(62-54(68)72-35-39-17-12-11-13-18-39)41-21-16-23-44(33-41)60-48(64)24-15-20-38-19-14-22-42(31-38)50-36(2)29-43(30-37(50)3)51(53(66)67)61-45-25-26-46-40(32-45)27-28-59-52(46)63(55(69)73-57(4,5)6)56(70)74-58(7,8)9/h11-14,16-19,21-23,25-33,47,51,61H,10,15,20,24,34-35H2,1-9H3,(H,60,64)(H,62,68)(H,66,67)/t47-,51-/m1/s1. The number of ether oxygens (including phenoxy) is 4. The van der Waals surface area contributed by atoms with E-state index in [0.29, 0.717) is 46.1 Å². The number of benzene rings is 5. The number of hydrogen-bond acceptors (Lipinski definition) is 12. The third-order valence-corrected chi connectivity index (χ3v) is 11.4. The highest BCUT2D eigenvalue weighted by atomic mass is 16.6. The molecule has 6 rings (SSSR count). The number of amides is 4. The summed E-state index contributed by atoms with van der Waals surface area (Å²) in [6.45, 7) is 15.9. The Hall–Kier alpha value is -8.27. The zero-order valence-electron chi connectivity index (χ0n) is 43.4. The summed E-state index contributed by atoms with van der Waals surface area (Å²) in [4.78, 5) is 83.5. The van der Waals surface area contributed by atoms with Gasteiger partial charge in [-0.05, 0) is 161 Å². The molecule has 0 aliphatic carbocycles. The van der Waals surface area contributed by atoms with Crippen molar-refractivity contribution in [2.75, 3.05) is 22.1 Å². The van der Waals surface area contributed by atoms with Gasteiger partial charge < -0.3 is 40.0 Å². The van der Waals surface area contributed by atoms with E-state index in [0.717, 1.165) is 38.3 Å². The van der Waals surface area contributed by atoms with Crippen molar-refractivity contribution in [3.63, 3.8) is 0 Å². The van der Waals surface area contributed by atoms with Gasteiger partial charge >= 0.3 is 30.2 Å². The normalized spacial score (nSPS) is 12.2. The smallest absolute Gasteiger partial charge is 0.425 e. The van der Waals surface area contributed by atoms with Crippen molar-refractivity contribution in [2.45, 2.75) is 118 Å². The van der Waals surface area contributed by atoms with Crippen molar-refractivity contribution in [1.29, 1.82) is 0 Å². The number of alkyl carbamates (subject to hydrolysis) is 1. The summed E-state index contributed by atoms with van der Waals surface area (Å²) >= 11 is 0. The minimum Gasteiger partial charge on any atom is -0.479 e. The van der Waals surface area contributed by atoms with Crippen LogP contribution < -0.4 is 20.9 Å². The summed E-state index contributed by atoms with van der Waals surface area (Å²) in [6.07, 6.45) is 0.0819. The van der Waals surface area contributed by atoms with E-state index in [-0.39, 0.29) is 37.8 Å². The van der Waals surface area contributed by atoms with Crippen LogP contribution in [0.4, 0.5) is 31.6 Å². The van der Waals surface area contributed by atoms with Gasteiger partial charge in [0.2, 0.25) is 5.91 Å². The molecule has 6 aromatic rings. The molecule has 4 N–H and O–H groups in total. The van der Waals surface area contributed by atoms with Gasteiger partial charge in [-0.1, -0.05) is 78.9 Å². The predicted molar refractivity (Wildman–Crippen MR) is 284 cm³/mol. The molecule has 1 aromatic heterocycles. The molecule has 0 saturated carbocycles. The van der Waals surface area contributed by atoms with Crippen molar-refractivity contribution < 1.29 is 52.8 Å². The average Bonchev–Trinajstić information content (AvgIpc) is 3.31. The van der Waals surface area contributed by atoms with Gasteiger partial charge in [-0.3, -0.25) is 9.59 Å². The van der Waals surface area contributed by atoms with Crippen LogP contribution >= 0.6 is 0 Å². The van der Waals surface area contributed by atoms with Crippen LogP contribution in [0.5, 0.6) is 0 Å². The van der Waals surface area contributed by atoms with Gasteiger partial charge in [0.15, 0.2) is 11.9 Å². The number of anilines is 3. The number of nitrogens with zero attached hydrogens (tertiary/aromatic N) is 2. The zero-order chi connectivity index (χ0) is 53.7. The Bertz CT molecular complexity index is 2950. The van der Waals surface area contributed by atoms with Gasteiger partial charge in [0, 0.05) is 29.4 Å². The Morgan fingerprint density at radius 1 is 0.703 bits per heavy atom. The van der Waals surface area contributed by atoms with Crippen molar-refractivity contribution in [3.8, 4) is 11.1 Å². The van der Waals surface area contributed by atoms with Gasteiger partial charge in [0.25, 0.3) is 0 Å². The van der Waals surface area contributed by atoms with E-state index in [2.05, 4.69) is 27.0 Å². The second-order valence-electron chi connectivity index (χ2n) is 19.8. The maximum atomic E-state index is 13.4. The summed E-state index contributed by atoms with van der Waals surface area (Å²) in [7, 11) is 0. The second-order valence-corrected chi connectivity index (χ2v) is 19.8. The molecule has 5 aromatic carbocycles. The number of rotatable bonds is 18. The first kappa shape index (κ1) is 55.1. The summed E-state index contributed by atoms with van der Waals surface area (Å²) in [5.74, 6) is -1.80. The van der Waals surface area contributed by atoms with E-state index in [4.69, 9.17) is 18.9 Å². The van der Waals surface area contributed by atoms with Crippen LogP contribution in [0.1, 0.15) is 113 Å². The van der Waals surface area contributed by atoms with E-state index >= 15 is 0 Å². The largest absolute Gasteiger partial charge is 0.479 e. The summed E-state index contributed by atoms with van der Waals surface area (Å²) in [5, 5.41) is 20.4. The molecule has 0 bridgehead atoms. The molecule has 0 radical (unpaired) electrons. The molecule has 0 saturated heterocycles. The number of imide groups is 1. The lowest BCUT2D eigenvalue weighted by molar-refractivity contribution is -0.143. The molecule has 0 aliphatic heterocycles. The maximum Gasteiger partial charge on any atom is 0.425 e. The van der Waals surface area contributed by atoms with Crippen molar-refractivity contribution >= 4 is 64.1 Å². The predicted octanol–water partition coefficient (Wildman–Crippen LogP) is 12.3. The monoisotopic (exact) mass is 1010 g/mol. The first-order chi connectivity index (χ1) is 35.1. The highest BCUT2D eigenvalue weighted by molar-refractivity contribution is 6.14. The maximum absolute atomic E-state index is 13.4. The number of pyridine rings is 1. The number of aromatic nitrogens is 1. The van der Waals surface area contributed by atoms with E-state index < -0.39 is 53.5 Å². The highest BCUT2D eigenvalue weighted by Gasteiger charge is 2.35. The number of aryl methyl sites for hydroxylation is 3. The summed E-state index contributed by atoms with van der Waals surface area (Å²) < 4.78 is 21.7. The van der Waals surface area contributed by atoms with Crippen LogP contribution in [-0.4, -0.2) is 64.0 Å². The van der Waals surface area contributed by atoms with Crippen LogP contribution in [0.15, 0.2) is 121 Å². The minimum absolute atomic E-state index is 0.00271. The van der Waals surface area contributed by atoms with E-state index in [9.17, 15) is 33.9 Å². The topological polar surface area (TPSA) is 212 Å². The Labute approximate surface area is 431 Å². The molecule has 2 atom stereocenters. The van der Waals surface area contributed by atoms with Gasteiger partial charge in [-0.2, -0.15) is 4.90 Å². The van der Waals surface area contributed by atoms with Crippen LogP contribution in [0.3, 0.4) is 0 Å². The Morgan fingerprint density at radius 3 is 2.01 bits per heavy atom. The second kappa shape index (κ2) is 24.4. The quantitative estimate of drug-likeness (QED) is 0.0467. The highest BCUT2D eigenvalue weighted by Crippen LogP contribution is 2.35. The number of carboxylic acid groups (broad SMARTS) is 1. The molecule has 0 fully saturated rings. The van der Waals surface area contributed by atoms with Crippen LogP contribution in [0.25, 0.3) is 21.9 Å². The number of nitrogens with one attached hydrogen (secondary N) is 3. The first-order valence-electron chi connectivity index (χ1n) is 24.4. The van der Waals surface area contributed by atoms with Crippen molar-refractivity contribution in [3.05, 3.63) is 155 Å². The number of aliphatic carboxylic acids is 1. The lowest BCUT2D eigenvalue weighted by atomic mass is 9.90. The molecule has 0 spiro atoms. The number of esters is 1. The fourth-order valence-electron chi connectivity index (χ4n) is 8.30. The van der Waals surface area contributed by atoms with Gasteiger partial charge in [-0.15, -0.1) is 0 Å². The number of fused-ring (bicyclic) bond motifs is 1. The Kier molecular flexibility index (Phi) is 18.2. The summed E-state index contributed by atoms with van der Waals surface area (Å²) in [5.41, 5.74) is 5.75. The lowest BCUT2D eigenvalue weighted by Gasteiger charge is -2.28. The molecule has 4 amide bonds. The lowest BCUT2D eigenvalue weighted by Crippen LogP contribution is -2.44. The summed E-state index contributed by atoms with van der Waals surface area (Å²) in [6, 6.07) is 32.7. The SMILES string of the molecule is CCOC(=O)C[C@@H](NC(=O)OCc1ccccc1)c1cccc(NC(=O)CCCc2cccc(-c3c(C)cc([C@@H](Nc4ccc5c(N(C(=O)OC(C)(C)C)C(=O)OC(C)(C)C)nccc5c4)C(=O)O)cc3C)c2)c1. The average molecular weight is 1010 g/mol. The molecule has 0 aliphatic rings. The Morgan fingerprint density at radius 2 is 1.36 bits per heavy atom. The first-order valence-corrected chi connectivity index (χ1v) is 24.4. The molecule has 0 unspecified atom stereocenters. The van der Waals surface area contributed by atoms with Gasteiger partial charge in [-0.25, -0.2) is 24.2 Å². The van der Waals surface area contributed by atoms with E-state index in [1.165, 1.54) is 6.20 Å². The van der Waals surface area contributed by atoms with E-state index in [1.54, 1.807) is 97.0 Å². The van der Waals surface area contributed by atoms with Crippen molar-refractivity contribution in [1.82, 2.24) is 10.3 Å². The fraction of sp³-hybridized carbons (Fsp3) is 0.328. The fourth-order valence-corrected chi connectivity index (χ4v) is 8.30. The molecule has 74 heavy (non-hydrogen) atoms. The molecule has 1 heterocycles. The Balaban J connectivity index is 1.11. The molecule has 388 valence electrons. The van der Waals surface area contributed by atoms with Crippen LogP contribution in [-0.2, 0) is 46.4 Å². The zero-order valence-corrected chi connectivity index (χ0v) is 43.4. The number of hydrogen-bond donors (Lipinski definition) is 4. The number of carbonyl (C=O) groups excluding carboxylic acids is 5. The molecule has 16 heteroatoms. The third-order valence-electron chi connectivity index (χ3n) is 11.4. The third kappa shape index (κ3) is 15.6. The minimum atomic E-state index is -1.14. The van der Waals surface area contributed by atoms with Crippen molar-refractivity contribution in [2.24, 2.45) is 0 Å². The number of carboxylic acids is 1. The van der Waals surface area contributed by atoms with Gasteiger partial charge in [0.05, 0.1) is 19.1 Å². The van der Waals surface area contributed by atoms with Gasteiger partial charge in [0.1, 0.15) is 17.8 Å². The van der Waals surface area contributed by atoms with Crippen LogP contribution in [0.2, 0.25) is 0 Å². The van der Waals surface area contributed by atoms with E-state index in [1.807, 2.05) is 74.5 Å². The van der Waals surface area contributed by atoms with Crippen LogP contribution in [0, 0.1) is 13.8 Å². The molecular formula is C58H65N5O11. The number of carbonyl (C=O) groups is 6. The molecule has 16 nitrogen and oxygen atoms in total. The molecular weight excluding hydrogens is 943 g/mol.